The molecule has 2 amide bonds. The van der Waals surface area contributed by atoms with E-state index < -0.39 is 5.91 Å². The molecule has 0 aliphatic carbocycles. The van der Waals surface area contributed by atoms with Crippen molar-refractivity contribution in [2.45, 2.75) is 33.1 Å². The summed E-state index contributed by atoms with van der Waals surface area (Å²) in [5.41, 5.74) is 0.546. The van der Waals surface area contributed by atoms with Crippen LogP contribution in [0.1, 0.15) is 52.8 Å². The van der Waals surface area contributed by atoms with E-state index >= 15 is 0 Å². The molecule has 2 rings (SSSR count). The summed E-state index contributed by atoms with van der Waals surface area (Å²) < 4.78 is 4.88. The van der Waals surface area contributed by atoms with Gasteiger partial charge in [0, 0.05) is 24.4 Å². The van der Waals surface area contributed by atoms with Crippen LogP contribution in [0.3, 0.4) is 0 Å². The largest absolute Gasteiger partial charge is 0.360 e. The van der Waals surface area contributed by atoms with Gasteiger partial charge >= 0.3 is 0 Å². The fraction of sp³-hybridized carbons (Fsp3) is 0.375. The number of unbranched alkanes of at least 4 members (excludes halogenated alkanes) is 2. The van der Waals surface area contributed by atoms with Crippen LogP contribution in [0.5, 0.6) is 0 Å². The molecule has 0 spiro atoms. The Kier molecular flexibility index (Phi) is 5.85. The number of nitrogens with one attached hydrogen (secondary N) is 2. The Morgan fingerprint density at radius 1 is 1.22 bits per heavy atom. The summed E-state index contributed by atoms with van der Waals surface area (Å²) in [6.45, 7) is 4.45. The zero-order chi connectivity index (χ0) is 16.7. The number of nitrogens with zero attached hydrogens (tertiary/aromatic N) is 2. The number of aryl methyl sites for hydroxylation is 1. The lowest BCUT2D eigenvalue weighted by Gasteiger charge is -2.06. The molecule has 23 heavy (non-hydrogen) atoms. The van der Waals surface area contributed by atoms with Gasteiger partial charge in [-0.25, -0.2) is 0 Å². The molecule has 2 aromatic rings. The second-order valence-corrected chi connectivity index (χ2v) is 5.17. The minimum atomic E-state index is -0.445. The van der Waals surface area contributed by atoms with E-state index in [1.807, 2.05) is 0 Å². The highest BCUT2D eigenvalue weighted by Crippen LogP contribution is 2.09. The van der Waals surface area contributed by atoms with Gasteiger partial charge in [-0.3, -0.25) is 14.6 Å². The molecule has 0 fully saturated rings. The molecule has 2 N–H and O–H groups in total. The van der Waals surface area contributed by atoms with Crippen LogP contribution in [0.4, 0.5) is 5.82 Å². The van der Waals surface area contributed by atoms with Gasteiger partial charge in [-0.05, 0) is 25.5 Å². The molecule has 2 heterocycles. The van der Waals surface area contributed by atoms with Crippen molar-refractivity contribution >= 4 is 17.6 Å². The van der Waals surface area contributed by atoms with E-state index in [0.717, 1.165) is 19.3 Å². The lowest BCUT2D eigenvalue weighted by molar-refractivity contribution is 0.0953. The highest BCUT2D eigenvalue weighted by molar-refractivity contribution is 6.04. The Morgan fingerprint density at radius 2 is 2.04 bits per heavy atom. The van der Waals surface area contributed by atoms with Crippen LogP contribution < -0.4 is 10.6 Å². The van der Waals surface area contributed by atoms with Crippen LogP contribution >= 0.6 is 0 Å². The van der Waals surface area contributed by atoms with Crippen molar-refractivity contribution in [3.63, 3.8) is 0 Å². The summed E-state index contributed by atoms with van der Waals surface area (Å²) >= 11 is 0. The monoisotopic (exact) mass is 316 g/mol. The maximum atomic E-state index is 12.1. The van der Waals surface area contributed by atoms with Crippen molar-refractivity contribution in [3.05, 3.63) is 41.4 Å². The number of rotatable bonds is 7. The average Bonchev–Trinajstić information content (AvgIpc) is 2.96. The number of hydrogen-bond acceptors (Lipinski definition) is 5. The summed E-state index contributed by atoms with van der Waals surface area (Å²) in [6, 6.07) is 4.63. The molecule has 0 radical (unpaired) electrons. The maximum Gasteiger partial charge on any atom is 0.275 e. The van der Waals surface area contributed by atoms with Crippen molar-refractivity contribution in [2.75, 3.05) is 11.9 Å². The average molecular weight is 316 g/mol. The van der Waals surface area contributed by atoms with Crippen LogP contribution in [-0.4, -0.2) is 28.5 Å². The molecule has 7 heteroatoms. The molecule has 7 nitrogen and oxygen atoms in total. The fourth-order valence-electron chi connectivity index (χ4n) is 1.98. The maximum absolute atomic E-state index is 12.1. The molecule has 0 aliphatic rings. The number of carbonyl (C=O) groups excluding carboxylic acids is 2. The SMILES string of the molecule is CCCCCNC(=O)c1ccnc(C(=O)Nc2cc(C)on2)c1. The Hall–Kier alpha value is -2.70. The van der Waals surface area contributed by atoms with E-state index in [4.69, 9.17) is 4.52 Å². The van der Waals surface area contributed by atoms with Gasteiger partial charge in [0.25, 0.3) is 11.8 Å². The second kappa shape index (κ2) is 8.07. The minimum Gasteiger partial charge on any atom is -0.360 e. The van der Waals surface area contributed by atoms with E-state index in [2.05, 4.69) is 27.7 Å². The minimum absolute atomic E-state index is 0.145. The van der Waals surface area contributed by atoms with Gasteiger partial charge in [0.15, 0.2) is 5.82 Å². The van der Waals surface area contributed by atoms with E-state index in [-0.39, 0.29) is 11.6 Å². The fourth-order valence-corrected chi connectivity index (χ4v) is 1.98. The first kappa shape index (κ1) is 16.7. The number of amides is 2. The highest BCUT2D eigenvalue weighted by Gasteiger charge is 2.13. The smallest absolute Gasteiger partial charge is 0.275 e. The van der Waals surface area contributed by atoms with E-state index in [0.29, 0.717) is 23.7 Å². The first-order valence-electron chi connectivity index (χ1n) is 7.59. The molecule has 0 unspecified atom stereocenters. The molecule has 122 valence electrons. The number of pyridine rings is 1. The van der Waals surface area contributed by atoms with E-state index in [1.165, 1.54) is 12.3 Å². The summed E-state index contributed by atoms with van der Waals surface area (Å²) in [4.78, 5) is 28.1. The zero-order valence-electron chi connectivity index (χ0n) is 13.3. The number of carbonyl (C=O) groups is 2. The third-order valence-electron chi connectivity index (χ3n) is 3.19. The molecule has 0 atom stereocenters. The highest BCUT2D eigenvalue weighted by atomic mass is 16.5. The third-order valence-corrected chi connectivity index (χ3v) is 3.19. The van der Waals surface area contributed by atoms with E-state index in [9.17, 15) is 9.59 Å². The molecule has 0 saturated heterocycles. The number of hydrogen-bond donors (Lipinski definition) is 2. The molecule has 2 aromatic heterocycles. The topological polar surface area (TPSA) is 97.1 Å². The molecule has 0 aliphatic heterocycles. The third kappa shape index (κ3) is 4.91. The lowest BCUT2D eigenvalue weighted by atomic mass is 10.2. The number of anilines is 1. The summed E-state index contributed by atoms with van der Waals surface area (Å²) in [7, 11) is 0. The van der Waals surface area contributed by atoms with Crippen molar-refractivity contribution < 1.29 is 14.1 Å². The second-order valence-electron chi connectivity index (χ2n) is 5.17. The van der Waals surface area contributed by atoms with Crippen molar-refractivity contribution in [1.29, 1.82) is 0 Å². The van der Waals surface area contributed by atoms with Crippen molar-refractivity contribution in [2.24, 2.45) is 0 Å². The van der Waals surface area contributed by atoms with Gasteiger partial charge in [-0.15, -0.1) is 0 Å². The van der Waals surface area contributed by atoms with Gasteiger partial charge in [-0.1, -0.05) is 24.9 Å². The predicted molar refractivity (Wildman–Crippen MR) is 85.3 cm³/mol. The Morgan fingerprint density at radius 3 is 2.74 bits per heavy atom. The molecule has 0 aromatic carbocycles. The normalized spacial score (nSPS) is 10.3. The Bertz CT molecular complexity index is 681. The molecular formula is C16H20N4O3. The van der Waals surface area contributed by atoms with Crippen LogP contribution in [-0.2, 0) is 0 Å². The van der Waals surface area contributed by atoms with Crippen LogP contribution in [0.15, 0.2) is 28.9 Å². The first-order chi connectivity index (χ1) is 11.1. The van der Waals surface area contributed by atoms with Gasteiger partial charge < -0.3 is 15.2 Å². The summed E-state index contributed by atoms with van der Waals surface area (Å²) in [6.07, 6.45) is 4.54. The Balaban J connectivity index is 1.98. The quantitative estimate of drug-likeness (QED) is 0.765. The van der Waals surface area contributed by atoms with Gasteiger partial charge in [0.1, 0.15) is 11.5 Å². The standard InChI is InChI=1S/C16H20N4O3/c1-3-4-5-7-18-15(21)12-6-8-17-13(10-12)16(22)19-14-9-11(2)23-20-14/h6,8-10H,3-5,7H2,1-2H3,(H,18,21)(H,19,20,22). The van der Waals surface area contributed by atoms with Gasteiger partial charge in [0.2, 0.25) is 0 Å². The summed E-state index contributed by atoms with van der Waals surface area (Å²) in [5, 5.41) is 9.08. The van der Waals surface area contributed by atoms with E-state index in [1.54, 1.807) is 19.1 Å². The van der Waals surface area contributed by atoms with Crippen molar-refractivity contribution in [1.82, 2.24) is 15.5 Å². The van der Waals surface area contributed by atoms with Crippen LogP contribution in [0.2, 0.25) is 0 Å². The zero-order valence-corrected chi connectivity index (χ0v) is 13.3. The van der Waals surface area contributed by atoms with Crippen molar-refractivity contribution in [3.8, 4) is 0 Å². The van der Waals surface area contributed by atoms with Gasteiger partial charge in [-0.2, -0.15) is 0 Å². The van der Waals surface area contributed by atoms with Gasteiger partial charge in [0.05, 0.1) is 0 Å². The summed E-state index contributed by atoms with van der Waals surface area (Å²) in [5.74, 6) is 0.242. The number of aromatic nitrogens is 2. The molecular weight excluding hydrogens is 296 g/mol. The first-order valence-corrected chi connectivity index (χ1v) is 7.59. The lowest BCUT2D eigenvalue weighted by Crippen LogP contribution is -2.25. The molecule has 0 bridgehead atoms. The predicted octanol–water partition coefficient (Wildman–Crippen LogP) is 2.55. The van der Waals surface area contributed by atoms with Crippen LogP contribution in [0.25, 0.3) is 0 Å². The van der Waals surface area contributed by atoms with Crippen LogP contribution in [0, 0.1) is 6.92 Å². The molecule has 0 saturated carbocycles. The Labute approximate surface area is 134 Å².